The highest BCUT2D eigenvalue weighted by Gasteiger charge is 2.05. The molecule has 0 saturated carbocycles. The number of rotatable bonds is 9. The van der Waals surface area contributed by atoms with Crippen LogP contribution < -0.4 is 14.8 Å². The van der Waals surface area contributed by atoms with Crippen molar-refractivity contribution in [2.75, 3.05) is 40.4 Å². The lowest BCUT2D eigenvalue weighted by Crippen LogP contribution is -2.37. The normalized spacial score (nSPS) is 10.4. The Hall–Kier alpha value is -1.75. The highest BCUT2D eigenvalue weighted by Crippen LogP contribution is 2.16. The minimum Gasteiger partial charge on any atom is -0.497 e. The van der Waals surface area contributed by atoms with E-state index in [1.807, 2.05) is 43.1 Å². The number of likely N-dealkylation sites (N-methyl/N-ethyl adjacent to an activating group) is 1. The molecule has 0 aromatic heterocycles. The van der Waals surface area contributed by atoms with Gasteiger partial charge in [0.05, 0.1) is 13.7 Å². The fourth-order valence-corrected chi connectivity index (χ4v) is 1.64. The first-order valence-electron chi connectivity index (χ1n) is 6.87. The quantitative estimate of drug-likeness (QED) is 0.745. The summed E-state index contributed by atoms with van der Waals surface area (Å²) in [4.78, 5) is 13.4. The van der Waals surface area contributed by atoms with Crippen LogP contribution in [-0.4, -0.2) is 51.2 Å². The molecular formula is C15H24N2O3. The molecule has 1 rings (SSSR count). The van der Waals surface area contributed by atoms with Crippen molar-refractivity contribution in [2.24, 2.45) is 0 Å². The third-order valence-electron chi connectivity index (χ3n) is 2.79. The van der Waals surface area contributed by atoms with Crippen LogP contribution in [0.15, 0.2) is 24.3 Å². The second-order valence-electron chi connectivity index (χ2n) is 4.61. The fourth-order valence-electron chi connectivity index (χ4n) is 1.64. The van der Waals surface area contributed by atoms with Crippen molar-refractivity contribution in [3.63, 3.8) is 0 Å². The highest BCUT2D eigenvalue weighted by atomic mass is 16.5. The first-order valence-corrected chi connectivity index (χ1v) is 6.87. The molecule has 112 valence electrons. The Morgan fingerprint density at radius 3 is 2.50 bits per heavy atom. The molecule has 1 N–H and O–H groups in total. The summed E-state index contributed by atoms with van der Waals surface area (Å²) in [5.74, 6) is 1.66. The molecule has 0 fully saturated rings. The monoisotopic (exact) mass is 280 g/mol. The summed E-state index contributed by atoms with van der Waals surface area (Å²) in [6.07, 6.45) is 0.954. The summed E-state index contributed by atoms with van der Waals surface area (Å²) in [7, 11) is 3.54. The maximum absolute atomic E-state index is 11.5. The van der Waals surface area contributed by atoms with Crippen molar-refractivity contribution in [1.82, 2.24) is 10.2 Å². The van der Waals surface area contributed by atoms with Crippen molar-refractivity contribution in [1.29, 1.82) is 0 Å². The summed E-state index contributed by atoms with van der Waals surface area (Å²) < 4.78 is 10.7. The van der Waals surface area contributed by atoms with E-state index in [4.69, 9.17) is 9.47 Å². The lowest BCUT2D eigenvalue weighted by Gasteiger charge is -2.16. The van der Waals surface area contributed by atoms with Crippen molar-refractivity contribution in [2.45, 2.75) is 13.3 Å². The van der Waals surface area contributed by atoms with Crippen molar-refractivity contribution in [3.8, 4) is 11.5 Å². The molecule has 0 aliphatic rings. The molecule has 5 heteroatoms. The topological polar surface area (TPSA) is 50.8 Å². The van der Waals surface area contributed by atoms with Crippen LogP contribution in [0.2, 0.25) is 0 Å². The first kappa shape index (κ1) is 16.3. The summed E-state index contributed by atoms with van der Waals surface area (Å²) in [6, 6.07) is 7.45. The number of nitrogens with one attached hydrogen (secondary N) is 1. The molecule has 0 unspecified atom stereocenters. The van der Waals surface area contributed by atoms with E-state index in [-0.39, 0.29) is 5.91 Å². The van der Waals surface area contributed by atoms with E-state index in [2.05, 4.69) is 5.32 Å². The van der Waals surface area contributed by atoms with Gasteiger partial charge in [-0.05, 0) is 37.7 Å². The van der Waals surface area contributed by atoms with E-state index in [1.165, 1.54) is 0 Å². The molecule has 20 heavy (non-hydrogen) atoms. The summed E-state index contributed by atoms with van der Waals surface area (Å²) in [5, 5.41) is 2.85. The van der Waals surface area contributed by atoms with Gasteiger partial charge in [-0.25, -0.2) is 0 Å². The summed E-state index contributed by atoms with van der Waals surface area (Å²) in [5.41, 5.74) is 0. The number of methoxy groups -OCH3 is 1. The summed E-state index contributed by atoms with van der Waals surface area (Å²) >= 11 is 0. The molecule has 1 aromatic rings. The number of hydrogen-bond donors (Lipinski definition) is 1. The second kappa shape index (κ2) is 9.20. The fraction of sp³-hybridized carbons (Fsp3) is 0.533. The summed E-state index contributed by atoms with van der Waals surface area (Å²) in [6.45, 7) is 4.41. The minimum atomic E-state index is 0.0544. The van der Waals surface area contributed by atoms with Crippen LogP contribution in [0.3, 0.4) is 0 Å². The molecule has 0 saturated heterocycles. The molecule has 0 heterocycles. The number of hydrogen-bond acceptors (Lipinski definition) is 4. The Labute approximate surface area is 120 Å². The van der Waals surface area contributed by atoms with E-state index in [1.54, 1.807) is 7.11 Å². The van der Waals surface area contributed by atoms with Crippen molar-refractivity contribution < 1.29 is 14.3 Å². The molecule has 0 aliphatic carbocycles. The molecule has 1 aromatic carbocycles. The Morgan fingerprint density at radius 1 is 1.25 bits per heavy atom. The van der Waals surface area contributed by atoms with Gasteiger partial charge in [0, 0.05) is 13.1 Å². The van der Waals surface area contributed by atoms with E-state index < -0.39 is 0 Å². The highest BCUT2D eigenvalue weighted by molar-refractivity contribution is 5.77. The smallest absolute Gasteiger partial charge is 0.234 e. The van der Waals surface area contributed by atoms with Gasteiger partial charge < -0.3 is 14.8 Å². The van der Waals surface area contributed by atoms with E-state index in [9.17, 15) is 4.79 Å². The third kappa shape index (κ3) is 6.43. The minimum absolute atomic E-state index is 0.0544. The molecule has 0 atom stereocenters. The second-order valence-corrected chi connectivity index (χ2v) is 4.61. The number of ether oxygens (including phenoxy) is 2. The van der Waals surface area contributed by atoms with Gasteiger partial charge in [-0.2, -0.15) is 0 Å². The van der Waals surface area contributed by atoms with Gasteiger partial charge in [-0.1, -0.05) is 6.92 Å². The van der Waals surface area contributed by atoms with Gasteiger partial charge in [-0.15, -0.1) is 0 Å². The Bertz CT molecular complexity index is 393. The lowest BCUT2D eigenvalue weighted by molar-refractivity contribution is -0.122. The zero-order valence-corrected chi connectivity index (χ0v) is 12.5. The molecule has 5 nitrogen and oxygen atoms in total. The number of benzene rings is 1. The molecule has 0 radical (unpaired) electrons. The predicted octanol–water partition coefficient (Wildman–Crippen LogP) is 1.53. The van der Waals surface area contributed by atoms with Crippen LogP contribution >= 0.6 is 0 Å². The maximum atomic E-state index is 11.5. The molecule has 0 spiro atoms. The Kier molecular flexibility index (Phi) is 7.50. The van der Waals surface area contributed by atoms with E-state index in [0.717, 1.165) is 24.5 Å². The van der Waals surface area contributed by atoms with Crippen molar-refractivity contribution in [3.05, 3.63) is 24.3 Å². The SMILES string of the molecule is CCCNC(=O)CN(C)CCOc1ccc(OC)cc1. The van der Waals surface area contributed by atoms with Gasteiger partial charge in [0.15, 0.2) is 0 Å². The molecule has 0 aliphatic heterocycles. The van der Waals surface area contributed by atoms with Crippen LogP contribution in [0.1, 0.15) is 13.3 Å². The van der Waals surface area contributed by atoms with Gasteiger partial charge >= 0.3 is 0 Å². The Morgan fingerprint density at radius 2 is 1.90 bits per heavy atom. The van der Waals surface area contributed by atoms with E-state index >= 15 is 0 Å². The van der Waals surface area contributed by atoms with Gasteiger partial charge in [0.25, 0.3) is 0 Å². The number of carbonyl (C=O) groups excluding carboxylic acids is 1. The third-order valence-corrected chi connectivity index (χ3v) is 2.79. The van der Waals surface area contributed by atoms with Crippen molar-refractivity contribution >= 4 is 5.91 Å². The molecule has 0 bridgehead atoms. The van der Waals surface area contributed by atoms with Gasteiger partial charge in [0.1, 0.15) is 18.1 Å². The average Bonchev–Trinajstić information content (AvgIpc) is 2.45. The number of nitrogens with zero attached hydrogens (tertiary/aromatic N) is 1. The zero-order chi connectivity index (χ0) is 14.8. The van der Waals surface area contributed by atoms with Crippen LogP contribution in [0, 0.1) is 0 Å². The largest absolute Gasteiger partial charge is 0.497 e. The van der Waals surface area contributed by atoms with Crippen LogP contribution in [0.25, 0.3) is 0 Å². The van der Waals surface area contributed by atoms with Gasteiger partial charge in [0.2, 0.25) is 5.91 Å². The average molecular weight is 280 g/mol. The zero-order valence-electron chi connectivity index (χ0n) is 12.5. The maximum Gasteiger partial charge on any atom is 0.234 e. The molecular weight excluding hydrogens is 256 g/mol. The lowest BCUT2D eigenvalue weighted by atomic mass is 10.3. The van der Waals surface area contributed by atoms with E-state index in [0.29, 0.717) is 19.7 Å². The van der Waals surface area contributed by atoms with Crippen LogP contribution in [-0.2, 0) is 4.79 Å². The number of amides is 1. The van der Waals surface area contributed by atoms with Crippen LogP contribution in [0.5, 0.6) is 11.5 Å². The predicted molar refractivity (Wildman–Crippen MR) is 79.3 cm³/mol. The standard InChI is InChI=1S/C15H24N2O3/c1-4-9-16-15(18)12-17(2)10-11-20-14-7-5-13(19-3)6-8-14/h5-8H,4,9-12H2,1-3H3,(H,16,18). The first-order chi connectivity index (χ1) is 9.65. The van der Waals surface area contributed by atoms with Crippen LogP contribution in [0.4, 0.5) is 0 Å². The molecule has 1 amide bonds. The number of carbonyl (C=O) groups is 1. The van der Waals surface area contributed by atoms with Gasteiger partial charge in [-0.3, -0.25) is 9.69 Å². The Balaban J connectivity index is 2.20.